The molecule has 1 heterocycles. The summed E-state index contributed by atoms with van der Waals surface area (Å²) in [6.45, 7) is 3.26. The first-order valence-electron chi connectivity index (χ1n) is 7.99. The number of hydrogen-bond acceptors (Lipinski definition) is 5. The molecule has 1 amide bonds. The number of nitrogens with zero attached hydrogens (tertiary/aromatic N) is 2. The summed E-state index contributed by atoms with van der Waals surface area (Å²) < 4.78 is 6.46. The number of benzene rings is 2. The summed E-state index contributed by atoms with van der Waals surface area (Å²) in [7, 11) is 0. The average molecular weight is 483 g/mol. The van der Waals surface area contributed by atoms with Gasteiger partial charge in [0.1, 0.15) is 5.75 Å². The summed E-state index contributed by atoms with van der Waals surface area (Å²) in [5, 5.41) is 13.9. The Bertz CT molecular complexity index is 819. The van der Waals surface area contributed by atoms with Crippen LogP contribution in [0.2, 0.25) is 0 Å². The topological polar surface area (TPSA) is 74.2 Å². The number of aromatic hydroxyl groups is 1. The van der Waals surface area contributed by atoms with Crippen molar-refractivity contribution in [1.29, 1.82) is 0 Å². The van der Waals surface area contributed by atoms with Crippen molar-refractivity contribution in [3.63, 3.8) is 0 Å². The van der Waals surface area contributed by atoms with Crippen LogP contribution in [0.4, 0.5) is 5.69 Å². The molecular formula is C18H17Br2N3O3. The largest absolute Gasteiger partial charge is 0.506 e. The Labute approximate surface area is 168 Å². The Balaban J connectivity index is 1.62. The molecule has 0 atom stereocenters. The van der Waals surface area contributed by atoms with Gasteiger partial charge in [-0.05, 0) is 45.8 Å². The zero-order valence-corrected chi connectivity index (χ0v) is 17.0. The fourth-order valence-corrected chi connectivity index (χ4v) is 3.78. The standard InChI is InChI=1S/C18H17Br2N3O3/c19-13-9-15(17(24)16(20)10-13)18(25)22-21-11-12-1-3-14(4-2-12)23-5-7-26-8-6-23/h1-4,9-11,24H,5-8H2,(H,22,25)/b21-11-. The van der Waals surface area contributed by atoms with E-state index >= 15 is 0 Å². The molecule has 3 rings (SSSR count). The van der Waals surface area contributed by atoms with Gasteiger partial charge in [-0.3, -0.25) is 4.79 Å². The molecule has 0 bridgehead atoms. The number of phenols is 1. The molecule has 2 aromatic rings. The lowest BCUT2D eigenvalue weighted by Crippen LogP contribution is -2.36. The Kier molecular flexibility index (Phi) is 6.29. The van der Waals surface area contributed by atoms with Crippen molar-refractivity contribution in [3.8, 4) is 5.75 Å². The number of rotatable bonds is 4. The van der Waals surface area contributed by atoms with Crippen LogP contribution < -0.4 is 10.3 Å². The predicted molar refractivity (Wildman–Crippen MR) is 108 cm³/mol. The van der Waals surface area contributed by atoms with Crippen LogP contribution in [0.15, 0.2) is 50.4 Å². The molecule has 26 heavy (non-hydrogen) atoms. The van der Waals surface area contributed by atoms with E-state index in [1.165, 1.54) is 6.07 Å². The maximum atomic E-state index is 12.2. The van der Waals surface area contributed by atoms with Crippen LogP contribution in [-0.2, 0) is 4.74 Å². The van der Waals surface area contributed by atoms with Crippen molar-refractivity contribution >= 4 is 49.7 Å². The smallest absolute Gasteiger partial charge is 0.275 e. The molecule has 8 heteroatoms. The van der Waals surface area contributed by atoms with E-state index in [2.05, 4.69) is 47.3 Å². The van der Waals surface area contributed by atoms with E-state index in [9.17, 15) is 9.90 Å². The highest BCUT2D eigenvalue weighted by atomic mass is 79.9. The molecule has 0 aromatic heterocycles. The number of hydrogen-bond donors (Lipinski definition) is 2. The molecule has 6 nitrogen and oxygen atoms in total. The molecule has 1 aliphatic rings. The van der Waals surface area contributed by atoms with Gasteiger partial charge < -0.3 is 14.7 Å². The first-order valence-corrected chi connectivity index (χ1v) is 9.57. The zero-order chi connectivity index (χ0) is 18.5. The molecule has 0 unspecified atom stereocenters. The highest BCUT2D eigenvalue weighted by Crippen LogP contribution is 2.31. The van der Waals surface area contributed by atoms with Crippen molar-refractivity contribution < 1.29 is 14.6 Å². The second kappa shape index (κ2) is 8.66. The number of morpholine rings is 1. The number of halogens is 2. The molecule has 0 saturated carbocycles. The predicted octanol–water partition coefficient (Wildman–Crippen LogP) is 3.52. The molecule has 136 valence electrons. The maximum Gasteiger partial charge on any atom is 0.275 e. The first kappa shape index (κ1) is 18.9. The summed E-state index contributed by atoms with van der Waals surface area (Å²) in [6.07, 6.45) is 1.56. The molecular weight excluding hydrogens is 466 g/mol. The Morgan fingerprint density at radius 1 is 1.19 bits per heavy atom. The van der Waals surface area contributed by atoms with Gasteiger partial charge in [-0.1, -0.05) is 28.1 Å². The molecule has 1 fully saturated rings. The molecule has 2 N–H and O–H groups in total. The summed E-state index contributed by atoms with van der Waals surface area (Å²) in [4.78, 5) is 14.4. The number of carbonyl (C=O) groups excluding carboxylic acids is 1. The van der Waals surface area contributed by atoms with E-state index in [1.54, 1.807) is 12.3 Å². The third kappa shape index (κ3) is 4.63. The van der Waals surface area contributed by atoms with Gasteiger partial charge in [0.25, 0.3) is 5.91 Å². The number of phenolic OH excluding ortho intramolecular Hbond substituents is 1. The second-order valence-corrected chi connectivity index (χ2v) is 7.44. The van der Waals surface area contributed by atoms with Crippen molar-refractivity contribution in [3.05, 3.63) is 56.5 Å². The van der Waals surface area contributed by atoms with E-state index in [-0.39, 0.29) is 11.3 Å². The highest BCUT2D eigenvalue weighted by Gasteiger charge is 2.14. The van der Waals surface area contributed by atoms with E-state index < -0.39 is 5.91 Å². The van der Waals surface area contributed by atoms with E-state index in [1.807, 2.05) is 24.3 Å². The van der Waals surface area contributed by atoms with Gasteiger partial charge in [0.05, 0.1) is 29.5 Å². The molecule has 0 radical (unpaired) electrons. The van der Waals surface area contributed by atoms with Crippen molar-refractivity contribution in [2.45, 2.75) is 0 Å². The summed E-state index contributed by atoms with van der Waals surface area (Å²) in [6, 6.07) is 11.1. The van der Waals surface area contributed by atoms with Crippen LogP contribution in [0, 0.1) is 0 Å². The van der Waals surface area contributed by atoms with Gasteiger partial charge in [-0.2, -0.15) is 5.10 Å². The molecule has 2 aromatic carbocycles. The lowest BCUT2D eigenvalue weighted by atomic mass is 10.2. The van der Waals surface area contributed by atoms with Crippen molar-refractivity contribution in [2.24, 2.45) is 5.10 Å². The number of amides is 1. The SMILES string of the molecule is O=C(N/N=C\c1ccc(N2CCOCC2)cc1)c1cc(Br)cc(Br)c1O. The summed E-state index contributed by atoms with van der Waals surface area (Å²) >= 11 is 6.49. The zero-order valence-electron chi connectivity index (χ0n) is 13.8. The van der Waals surface area contributed by atoms with Crippen LogP contribution in [0.5, 0.6) is 5.75 Å². The third-order valence-electron chi connectivity index (χ3n) is 3.92. The number of ether oxygens (including phenoxy) is 1. The molecule has 1 aliphatic heterocycles. The molecule has 1 saturated heterocycles. The number of hydrazone groups is 1. The van der Waals surface area contributed by atoms with Gasteiger partial charge in [0, 0.05) is 23.2 Å². The Hall–Kier alpha value is -1.90. The minimum absolute atomic E-state index is 0.129. The van der Waals surface area contributed by atoms with E-state index in [4.69, 9.17) is 4.74 Å². The molecule has 0 aliphatic carbocycles. The van der Waals surface area contributed by atoms with Gasteiger partial charge in [0.15, 0.2) is 0 Å². The van der Waals surface area contributed by atoms with Crippen LogP contribution in [0.1, 0.15) is 15.9 Å². The van der Waals surface area contributed by atoms with Crippen LogP contribution in [0.3, 0.4) is 0 Å². The number of anilines is 1. The summed E-state index contributed by atoms with van der Waals surface area (Å²) in [5.41, 5.74) is 4.55. The van der Waals surface area contributed by atoms with Gasteiger partial charge in [-0.25, -0.2) is 5.43 Å². The van der Waals surface area contributed by atoms with Gasteiger partial charge in [0.2, 0.25) is 0 Å². The fourth-order valence-electron chi connectivity index (χ4n) is 2.56. The highest BCUT2D eigenvalue weighted by molar-refractivity contribution is 9.11. The molecule has 0 spiro atoms. The third-order valence-corrected chi connectivity index (χ3v) is 4.98. The van der Waals surface area contributed by atoms with Crippen LogP contribution >= 0.6 is 31.9 Å². The van der Waals surface area contributed by atoms with Gasteiger partial charge in [-0.15, -0.1) is 0 Å². The number of nitrogens with one attached hydrogen (secondary N) is 1. The van der Waals surface area contributed by atoms with Crippen molar-refractivity contribution in [1.82, 2.24) is 5.43 Å². The summed E-state index contributed by atoms with van der Waals surface area (Å²) in [5.74, 6) is -0.624. The lowest BCUT2D eigenvalue weighted by Gasteiger charge is -2.28. The Morgan fingerprint density at radius 3 is 2.58 bits per heavy atom. The quantitative estimate of drug-likeness (QED) is 0.516. The van der Waals surface area contributed by atoms with Crippen LogP contribution in [-0.4, -0.2) is 43.5 Å². The van der Waals surface area contributed by atoms with E-state index in [0.717, 1.165) is 37.6 Å². The number of carbonyl (C=O) groups is 1. The maximum absolute atomic E-state index is 12.2. The Morgan fingerprint density at radius 2 is 1.88 bits per heavy atom. The fraction of sp³-hybridized carbons (Fsp3) is 0.222. The van der Waals surface area contributed by atoms with Crippen LogP contribution in [0.25, 0.3) is 0 Å². The lowest BCUT2D eigenvalue weighted by molar-refractivity contribution is 0.0952. The van der Waals surface area contributed by atoms with Gasteiger partial charge >= 0.3 is 0 Å². The first-order chi connectivity index (χ1) is 12.5. The van der Waals surface area contributed by atoms with E-state index in [0.29, 0.717) is 8.95 Å². The minimum atomic E-state index is -0.495. The minimum Gasteiger partial charge on any atom is -0.506 e. The normalized spacial score (nSPS) is 14.6. The average Bonchev–Trinajstić information content (AvgIpc) is 2.66. The second-order valence-electron chi connectivity index (χ2n) is 5.67. The monoisotopic (exact) mass is 481 g/mol. The van der Waals surface area contributed by atoms with Crippen molar-refractivity contribution in [2.75, 3.05) is 31.2 Å².